The van der Waals surface area contributed by atoms with Gasteiger partial charge in [-0.2, -0.15) is 0 Å². The number of imide groups is 1. The number of nitrogens with zero attached hydrogens (tertiary/aromatic N) is 1. The van der Waals surface area contributed by atoms with Crippen molar-refractivity contribution in [1.82, 2.24) is 0 Å². The molecule has 1 heterocycles. The summed E-state index contributed by atoms with van der Waals surface area (Å²) in [6, 6.07) is 7.45. The number of para-hydroxylation sites is 1. The van der Waals surface area contributed by atoms with Gasteiger partial charge in [-0.05, 0) is 11.6 Å². The largest absolute Gasteiger partial charge is 0.274 e. The number of benzene rings is 1. The van der Waals surface area contributed by atoms with E-state index in [0.717, 1.165) is 11.3 Å². The average molecular weight is 217 g/mol. The van der Waals surface area contributed by atoms with Crippen LogP contribution in [0.15, 0.2) is 24.3 Å². The molecule has 2 rings (SSSR count). The highest BCUT2D eigenvalue weighted by atomic mass is 16.2. The summed E-state index contributed by atoms with van der Waals surface area (Å²) in [6.07, 6.45) is 0.331. The Balaban J connectivity index is 2.44. The molecule has 3 heteroatoms. The van der Waals surface area contributed by atoms with E-state index in [9.17, 15) is 9.59 Å². The van der Waals surface area contributed by atoms with Gasteiger partial charge in [0.25, 0.3) is 0 Å². The second-order valence-electron chi connectivity index (χ2n) is 5.09. The van der Waals surface area contributed by atoms with Gasteiger partial charge in [-0.1, -0.05) is 39.0 Å². The standard InChI is InChI=1S/C13H15NO2/c1-13(2,3)12(16)14-10-7-5-4-6-9(10)8-11(14)15/h4-7H,8H2,1-3H3. The van der Waals surface area contributed by atoms with Crippen molar-refractivity contribution < 1.29 is 9.59 Å². The van der Waals surface area contributed by atoms with E-state index < -0.39 is 5.41 Å². The van der Waals surface area contributed by atoms with Gasteiger partial charge in [-0.15, -0.1) is 0 Å². The fraction of sp³-hybridized carbons (Fsp3) is 0.385. The average Bonchev–Trinajstić information content (AvgIpc) is 2.51. The first-order valence-electron chi connectivity index (χ1n) is 5.36. The minimum Gasteiger partial charge on any atom is -0.274 e. The number of hydrogen-bond acceptors (Lipinski definition) is 2. The van der Waals surface area contributed by atoms with E-state index in [1.54, 1.807) is 0 Å². The lowest BCUT2D eigenvalue weighted by molar-refractivity contribution is -0.130. The van der Waals surface area contributed by atoms with Crippen molar-refractivity contribution in [1.29, 1.82) is 0 Å². The summed E-state index contributed by atoms with van der Waals surface area (Å²) in [5, 5.41) is 0. The fourth-order valence-electron chi connectivity index (χ4n) is 1.81. The van der Waals surface area contributed by atoms with E-state index in [0.29, 0.717) is 6.42 Å². The van der Waals surface area contributed by atoms with E-state index in [4.69, 9.17) is 0 Å². The second kappa shape index (κ2) is 3.44. The van der Waals surface area contributed by atoms with E-state index in [1.807, 2.05) is 45.0 Å². The lowest BCUT2D eigenvalue weighted by Gasteiger charge is -2.24. The molecule has 0 saturated carbocycles. The van der Waals surface area contributed by atoms with Gasteiger partial charge < -0.3 is 0 Å². The van der Waals surface area contributed by atoms with Gasteiger partial charge in [0.05, 0.1) is 12.1 Å². The smallest absolute Gasteiger partial charge is 0.239 e. The van der Waals surface area contributed by atoms with Gasteiger partial charge in [0.1, 0.15) is 0 Å². The summed E-state index contributed by atoms with van der Waals surface area (Å²) in [6.45, 7) is 5.47. The van der Waals surface area contributed by atoms with Crippen LogP contribution in [0.2, 0.25) is 0 Å². The number of hydrogen-bond donors (Lipinski definition) is 0. The molecule has 1 aliphatic rings. The number of carbonyl (C=O) groups is 2. The molecular formula is C13H15NO2. The van der Waals surface area contributed by atoms with Gasteiger partial charge in [0.2, 0.25) is 11.8 Å². The number of carbonyl (C=O) groups excluding carboxylic acids is 2. The van der Waals surface area contributed by atoms with Crippen molar-refractivity contribution in [2.75, 3.05) is 4.90 Å². The van der Waals surface area contributed by atoms with Gasteiger partial charge in [-0.3, -0.25) is 9.59 Å². The molecule has 3 nitrogen and oxygen atoms in total. The molecule has 1 aromatic carbocycles. The predicted octanol–water partition coefficient (Wildman–Crippen LogP) is 2.15. The number of fused-ring (bicyclic) bond motifs is 1. The van der Waals surface area contributed by atoms with Crippen LogP contribution in [0.5, 0.6) is 0 Å². The molecule has 0 saturated heterocycles. The van der Waals surface area contributed by atoms with Gasteiger partial charge in [0, 0.05) is 5.41 Å². The Labute approximate surface area is 95.1 Å². The summed E-state index contributed by atoms with van der Waals surface area (Å²) in [7, 11) is 0. The maximum absolute atomic E-state index is 12.1. The summed E-state index contributed by atoms with van der Waals surface area (Å²) in [5.74, 6) is -0.261. The zero-order valence-corrected chi connectivity index (χ0v) is 9.78. The molecule has 0 radical (unpaired) electrons. The zero-order valence-electron chi connectivity index (χ0n) is 9.78. The molecule has 16 heavy (non-hydrogen) atoms. The maximum atomic E-state index is 12.1. The van der Waals surface area contributed by atoms with Crippen molar-refractivity contribution in [2.24, 2.45) is 5.41 Å². The molecule has 0 unspecified atom stereocenters. The second-order valence-corrected chi connectivity index (χ2v) is 5.09. The third-order valence-electron chi connectivity index (χ3n) is 2.67. The third-order valence-corrected chi connectivity index (χ3v) is 2.67. The fourth-order valence-corrected chi connectivity index (χ4v) is 1.81. The molecule has 1 aliphatic heterocycles. The topological polar surface area (TPSA) is 37.4 Å². The maximum Gasteiger partial charge on any atom is 0.239 e. The minimum atomic E-state index is -0.535. The van der Waals surface area contributed by atoms with Crippen LogP contribution >= 0.6 is 0 Å². The van der Waals surface area contributed by atoms with Crippen LogP contribution in [0, 0.1) is 5.41 Å². The summed E-state index contributed by atoms with van der Waals surface area (Å²) >= 11 is 0. The van der Waals surface area contributed by atoms with Crippen LogP contribution in [-0.4, -0.2) is 11.8 Å². The van der Waals surface area contributed by atoms with Crippen LogP contribution < -0.4 is 4.90 Å². The normalized spacial score (nSPS) is 15.2. The van der Waals surface area contributed by atoms with Crippen LogP contribution in [0.3, 0.4) is 0 Å². The van der Waals surface area contributed by atoms with Crippen molar-refractivity contribution in [3.8, 4) is 0 Å². The number of rotatable bonds is 0. The molecule has 0 atom stereocenters. The van der Waals surface area contributed by atoms with Crippen LogP contribution in [0.4, 0.5) is 5.69 Å². The highest BCUT2D eigenvalue weighted by Gasteiger charge is 2.37. The molecule has 0 aliphatic carbocycles. The van der Waals surface area contributed by atoms with Gasteiger partial charge in [-0.25, -0.2) is 4.90 Å². The molecule has 0 aromatic heterocycles. The highest BCUT2D eigenvalue weighted by Crippen LogP contribution is 2.32. The quantitative estimate of drug-likeness (QED) is 0.667. The van der Waals surface area contributed by atoms with Crippen LogP contribution in [0.1, 0.15) is 26.3 Å². The lowest BCUT2D eigenvalue weighted by atomic mass is 9.94. The molecule has 0 fully saturated rings. The Kier molecular flexibility index (Phi) is 2.34. The van der Waals surface area contributed by atoms with Crippen molar-refractivity contribution in [3.05, 3.63) is 29.8 Å². The Hall–Kier alpha value is -1.64. The first kappa shape index (κ1) is 10.9. The monoisotopic (exact) mass is 217 g/mol. The van der Waals surface area contributed by atoms with E-state index in [2.05, 4.69) is 0 Å². The van der Waals surface area contributed by atoms with Crippen LogP contribution in [-0.2, 0) is 16.0 Å². The molecule has 0 spiro atoms. The summed E-state index contributed by atoms with van der Waals surface area (Å²) in [4.78, 5) is 25.3. The van der Waals surface area contributed by atoms with E-state index in [1.165, 1.54) is 4.90 Å². The Bertz CT molecular complexity index is 457. The third kappa shape index (κ3) is 1.62. The summed E-state index contributed by atoms with van der Waals surface area (Å²) in [5.41, 5.74) is 1.14. The van der Waals surface area contributed by atoms with Gasteiger partial charge >= 0.3 is 0 Å². The highest BCUT2D eigenvalue weighted by molar-refractivity contribution is 6.20. The first-order chi connectivity index (χ1) is 7.41. The van der Waals surface area contributed by atoms with Crippen molar-refractivity contribution in [2.45, 2.75) is 27.2 Å². The van der Waals surface area contributed by atoms with Gasteiger partial charge in [0.15, 0.2) is 0 Å². The lowest BCUT2D eigenvalue weighted by Crippen LogP contribution is -2.41. The SMILES string of the molecule is CC(C)(C)C(=O)N1C(=O)Cc2ccccc21. The minimum absolute atomic E-state index is 0.124. The van der Waals surface area contributed by atoms with Crippen molar-refractivity contribution in [3.63, 3.8) is 0 Å². The van der Waals surface area contributed by atoms with E-state index >= 15 is 0 Å². The molecule has 1 aromatic rings. The Morgan fingerprint density at radius 3 is 2.50 bits per heavy atom. The number of anilines is 1. The van der Waals surface area contributed by atoms with E-state index in [-0.39, 0.29) is 11.8 Å². The molecule has 0 bridgehead atoms. The molecule has 2 amide bonds. The number of amides is 2. The van der Waals surface area contributed by atoms with Crippen LogP contribution in [0.25, 0.3) is 0 Å². The molecular weight excluding hydrogens is 202 g/mol. The Morgan fingerprint density at radius 1 is 1.25 bits per heavy atom. The van der Waals surface area contributed by atoms with Crippen molar-refractivity contribution >= 4 is 17.5 Å². The summed E-state index contributed by atoms with van der Waals surface area (Å²) < 4.78 is 0. The first-order valence-corrected chi connectivity index (χ1v) is 5.36. The zero-order chi connectivity index (χ0) is 11.9. The molecule has 0 N–H and O–H groups in total. The molecule has 84 valence electrons. The Morgan fingerprint density at radius 2 is 1.88 bits per heavy atom. The predicted molar refractivity (Wildman–Crippen MR) is 62.1 cm³/mol.